The molecule has 0 saturated carbocycles. The lowest BCUT2D eigenvalue weighted by atomic mass is 9.98. The van der Waals surface area contributed by atoms with Crippen molar-refractivity contribution in [3.8, 4) is 0 Å². The van der Waals surface area contributed by atoms with Crippen LogP contribution in [0.15, 0.2) is 6.20 Å². The molecule has 1 aliphatic rings. The van der Waals surface area contributed by atoms with Crippen molar-refractivity contribution in [2.45, 2.75) is 57.7 Å². The fourth-order valence-corrected chi connectivity index (χ4v) is 3.57. The topological polar surface area (TPSA) is 62.7 Å². The van der Waals surface area contributed by atoms with Gasteiger partial charge in [0.05, 0.1) is 18.2 Å². The van der Waals surface area contributed by atoms with Crippen molar-refractivity contribution < 1.29 is 14.6 Å². The highest BCUT2D eigenvalue weighted by molar-refractivity contribution is 7.11. The van der Waals surface area contributed by atoms with E-state index < -0.39 is 12.1 Å². The van der Waals surface area contributed by atoms with Crippen molar-refractivity contribution in [2.75, 3.05) is 13.7 Å². The average Bonchev–Trinajstić information content (AvgIpc) is 2.87. The summed E-state index contributed by atoms with van der Waals surface area (Å²) >= 11 is 1.67. The number of aliphatic hydroxyl groups is 1. The van der Waals surface area contributed by atoms with E-state index in [2.05, 4.69) is 25.8 Å². The first-order chi connectivity index (χ1) is 9.82. The molecule has 2 rings (SSSR count). The molecule has 118 valence electrons. The van der Waals surface area contributed by atoms with Crippen LogP contribution in [0.2, 0.25) is 0 Å². The number of piperidine rings is 1. The number of rotatable bonds is 3. The summed E-state index contributed by atoms with van der Waals surface area (Å²) in [6, 6.07) is -0.566. The second-order valence-corrected chi connectivity index (χ2v) is 7.64. The molecule has 1 aromatic rings. The zero-order valence-corrected chi connectivity index (χ0v) is 13.9. The second-order valence-electron chi connectivity index (χ2n) is 6.53. The minimum absolute atomic E-state index is 0.0338. The molecule has 0 amide bonds. The molecule has 0 bridgehead atoms. The summed E-state index contributed by atoms with van der Waals surface area (Å²) in [5.41, 5.74) is 0.0338. The average molecular weight is 312 g/mol. The predicted octanol–water partition coefficient (Wildman–Crippen LogP) is 1.94. The number of carbonyl (C=O) groups excluding carboxylic acids is 1. The van der Waals surface area contributed by atoms with Crippen LogP contribution in [0.1, 0.15) is 43.5 Å². The first-order valence-corrected chi connectivity index (χ1v) is 8.09. The highest BCUT2D eigenvalue weighted by Gasteiger charge is 2.36. The third-order valence-corrected chi connectivity index (χ3v) is 5.11. The zero-order chi connectivity index (χ0) is 15.6. The number of methoxy groups -OCH3 is 1. The molecule has 0 radical (unpaired) electrons. The van der Waals surface area contributed by atoms with E-state index >= 15 is 0 Å². The molecule has 1 aromatic heterocycles. The van der Waals surface area contributed by atoms with Crippen molar-refractivity contribution in [1.82, 2.24) is 9.88 Å². The Hall–Kier alpha value is -0.980. The molecule has 0 unspecified atom stereocenters. The number of hydrogen-bond acceptors (Lipinski definition) is 6. The number of aromatic nitrogens is 1. The van der Waals surface area contributed by atoms with Gasteiger partial charge in [-0.1, -0.05) is 20.8 Å². The number of aliphatic hydroxyl groups excluding tert-OH is 1. The number of hydrogen-bond donors (Lipinski definition) is 1. The van der Waals surface area contributed by atoms with Crippen LogP contribution in [-0.4, -0.2) is 46.8 Å². The van der Waals surface area contributed by atoms with Crippen LogP contribution in [0.4, 0.5) is 0 Å². The lowest BCUT2D eigenvalue weighted by Crippen LogP contribution is -2.52. The summed E-state index contributed by atoms with van der Waals surface area (Å²) in [6.45, 7) is 7.83. The van der Waals surface area contributed by atoms with E-state index in [-0.39, 0.29) is 11.4 Å². The van der Waals surface area contributed by atoms with Crippen LogP contribution in [0.5, 0.6) is 0 Å². The van der Waals surface area contributed by atoms with Crippen LogP contribution < -0.4 is 0 Å². The Balaban J connectivity index is 2.12. The Morgan fingerprint density at radius 1 is 1.57 bits per heavy atom. The van der Waals surface area contributed by atoms with Gasteiger partial charge in [-0.2, -0.15) is 0 Å². The van der Waals surface area contributed by atoms with E-state index in [1.807, 2.05) is 11.1 Å². The smallest absolute Gasteiger partial charge is 0.325 e. The minimum Gasteiger partial charge on any atom is -0.468 e. The van der Waals surface area contributed by atoms with Gasteiger partial charge < -0.3 is 9.84 Å². The lowest BCUT2D eigenvalue weighted by molar-refractivity contribution is -0.154. The van der Waals surface area contributed by atoms with Crippen LogP contribution in [0, 0.1) is 0 Å². The largest absolute Gasteiger partial charge is 0.468 e. The van der Waals surface area contributed by atoms with Gasteiger partial charge in [-0.15, -0.1) is 11.3 Å². The van der Waals surface area contributed by atoms with Gasteiger partial charge in [0.2, 0.25) is 0 Å². The highest BCUT2D eigenvalue weighted by Crippen LogP contribution is 2.29. The number of esters is 1. The monoisotopic (exact) mass is 312 g/mol. The van der Waals surface area contributed by atoms with Crippen molar-refractivity contribution >= 4 is 17.3 Å². The Morgan fingerprint density at radius 2 is 2.29 bits per heavy atom. The fourth-order valence-electron chi connectivity index (χ4n) is 2.58. The number of likely N-dealkylation sites (tertiary alicyclic amines) is 1. The molecule has 1 aliphatic heterocycles. The Kier molecular flexibility index (Phi) is 5.01. The Bertz CT molecular complexity index is 495. The third-order valence-electron chi connectivity index (χ3n) is 3.70. The summed E-state index contributed by atoms with van der Waals surface area (Å²) in [5, 5.41) is 11.2. The van der Waals surface area contributed by atoms with Crippen molar-refractivity contribution in [3.63, 3.8) is 0 Å². The van der Waals surface area contributed by atoms with Gasteiger partial charge >= 0.3 is 5.97 Å². The van der Waals surface area contributed by atoms with E-state index in [1.165, 1.54) is 7.11 Å². The van der Waals surface area contributed by atoms with Crippen molar-refractivity contribution in [1.29, 1.82) is 0 Å². The standard InChI is InChI=1S/C15H24N2O3S/c1-15(2,3)14-16-8-10(21-14)9-17-7-5-6-11(18)12(17)13(19)20-4/h8,11-12,18H,5-7,9H2,1-4H3/t11-,12-/m1/s1. The van der Waals surface area contributed by atoms with Crippen LogP contribution in [-0.2, 0) is 21.5 Å². The first-order valence-electron chi connectivity index (χ1n) is 7.28. The van der Waals surface area contributed by atoms with E-state index in [0.717, 1.165) is 22.9 Å². The molecular weight excluding hydrogens is 288 g/mol. The van der Waals surface area contributed by atoms with Gasteiger partial charge in [0.15, 0.2) is 0 Å². The molecule has 6 heteroatoms. The molecule has 2 atom stereocenters. The first kappa shape index (κ1) is 16.4. The van der Waals surface area contributed by atoms with E-state index in [9.17, 15) is 9.90 Å². The predicted molar refractivity (Wildman–Crippen MR) is 82.3 cm³/mol. The summed E-state index contributed by atoms with van der Waals surface area (Å²) in [6.07, 6.45) is 2.76. The summed E-state index contributed by atoms with van der Waals surface area (Å²) in [5.74, 6) is -0.359. The van der Waals surface area contributed by atoms with Crippen molar-refractivity contribution in [2.24, 2.45) is 0 Å². The van der Waals surface area contributed by atoms with Gasteiger partial charge in [-0.05, 0) is 19.4 Å². The highest BCUT2D eigenvalue weighted by atomic mass is 32.1. The third kappa shape index (κ3) is 3.81. The maximum absolute atomic E-state index is 11.9. The molecule has 0 spiro atoms. The van der Waals surface area contributed by atoms with E-state index in [1.54, 1.807) is 11.3 Å². The number of ether oxygens (including phenoxy) is 1. The van der Waals surface area contributed by atoms with E-state index in [0.29, 0.717) is 13.0 Å². The lowest BCUT2D eigenvalue weighted by Gasteiger charge is -2.36. The zero-order valence-electron chi connectivity index (χ0n) is 13.1. The van der Waals surface area contributed by atoms with E-state index in [4.69, 9.17) is 4.74 Å². The molecule has 0 aromatic carbocycles. The summed E-state index contributed by atoms with van der Waals surface area (Å²) < 4.78 is 4.83. The van der Waals surface area contributed by atoms with Crippen molar-refractivity contribution in [3.05, 3.63) is 16.1 Å². The molecule has 2 heterocycles. The van der Waals surface area contributed by atoms with Gasteiger partial charge in [0.25, 0.3) is 0 Å². The molecule has 1 fully saturated rings. The van der Waals surface area contributed by atoms with Crippen LogP contribution >= 0.6 is 11.3 Å². The number of carbonyl (C=O) groups is 1. The molecular formula is C15H24N2O3S. The van der Waals surface area contributed by atoms with Crippen LogP contribution in [0.3, 0.4) is 0 Å². The minimum atomic E-state index is -0.652. The summed E-state index contributed by atoms with van der Waals surface area (Å²) in [7, 11) is 1.37. The van der Waals surface area contributed by atoms with Crippen LogP contribution in [0.25, 0.3) is 0 Å². The van der Waals surface area contributed by atoms with Gasteiger partial charge in [-0.3, -0.25) is 9.69 Å². The quantitative estimate of drug-likeness (QED) is 0.864. The number of thiazole rings is 1. The SMILES string of the molecule is COC(=O)[C@H]1[C@H](O)CCCN1Cc1cnc(C(C)(C)C)s1. The molecule has 1 N–H and O–H groups in total. The van der Waals surface area contributed by atoms with Gasteiger partial charge in [0, 0.05) is 23.0 Å². The molecule has 0 aliphatic carbocycles. The Labute approximate surface area is 129 Å². The van der Waals surface area contributed by atoms with Gasteiger partial charge in [-0.25, -0.2) is 4.98 Å². The molecule has 1 saturated heterocycles. The fraction of sp³-hybridized carbons (Fsp3) is 0.733. The normalized spacial score (nSPS) is 24.0. The maximum Gasteiger partial charge on any atom is 0.325 e. The molecule has 21 heavy (non-hydrogen) atoms. The number of nitrogens with zero attached hydrogens (tertiary/aromatic N) is 2. The second kappa shape index (κ2) is 6.42. The van der Waals surface area contributed by atoms with Gasteiger partial charge in [0.1, 0.15) is 6.04 Å². The molecule has 5 nitrogen and oxygen atoms in total. The summed E-state index contributed by atoms with van der Waals surface area (Å²) in [4.78, 5) is 19.5. The Morgan fingerprint density at radius 3 is 2.86 bits per heavy atom. The maximum atomic E-state index is 11.9.